The van der Waals surface area contributed by atoms with Crippen LogP contribution < -0.4 is 10.6 Å². The predicted octanol–water partition coefficient (Wildman–Crippen LogP) is 2.79. The number of furan rings is 1. The standard InChI is InChI=1S/C19H24N2O3/c1-13-10-11-17(24-13)16(21-19(23)15-8-4-5-9-15)12-20-18(22)14-6-2-3-7-14/h2-5,10-11,14-16H,6-9,12H2,1H3,(H,20,22)(H,21,23)/t16-/m0/s1. The van der Waals surface area contributed by atoms with E-state index in [1.165, 1.54) is 0 Å². The largest absolute Gasteiger partial charge is 0.464 e. The smallest absolute Gasteiger partial charge is 0.224 e. The van der Waals surface area contributed by atoms with Gasteiger partial charge in [0.2, 0.25) is 11.8 Å². The van der Waals surface area contributed by atoms with E-state index in [4.69, 9.17) is 4.42 Å². The number of allylic oxidation sites excluding steroid dienone is 4. The highest BCUT2D eigenvalue weighted by atomic mass is 16.3. The van der Waals surface area contributed by atoms with Crippen LogP contribution >= 0.6 is 0 Å². The maximum absolute atomic E-state index is 12.4. The van der Waals surface area contributed by atoms with Crippen LogP contribution in [0.1, 0.15) is 43.2 Å². The van der Waals surface area contributed by atoms with Gasteiger partial charge in [-0.25, -0.2) is 0 Å². The molecule has 0 radical (unpaired) electrons. The summed E-state index contributed by atoms with van der Waals surface area (Å²) >= 11 is 0. The third kappa shape index (κ3) is 3.96. The van der Waals surface area contributed by atoms with Crippen molar-refractivity contribution in [2.45, 2.75) is 38.6 Å². The van der Waals surface area contributed by atoms with Gasteiger partial charge in [-0.05, 0) is 44.7 Å². The first-order chi connectivity index (χ1) is 11.6. The quantitative estimate of drug-likeness (QED) is 0.789. The summed E-state index contributed by atoms with van der Waals surface area (Å²) in [5.41, 5.74) is 0. The molecular weight excluding hydrogens is 304 g/mol. The summed E-state index contributed by atoms with van der Waals surface area (Å²) in [6.45, 7) is 2.21. The van der Waals surface area contributed by atoms with Crippen LogP contribution in [-0.4, -0.2) is 18.4 Å². The van der Waals surface area contributed by atoms with E-state index >= 15 is 0 Å². The zero-order valence-electron chi connectivity index (χ0n) is 14.0. The molecule has 0 fully saturated rings. The lowest BCUT2D eigenvalue weighted by Crippen LogP contribution is -2.41. The highest BCUT2D eigenvalue weighted by Crippen LogP contribution is 2.22. The summed E-state index contributed by atoms with van der Waals surface area (Å²) in [6.07, 6.45) is 11.3. The van der Waals surface area contributed by atoms with Crippen LogP contribution in [0.5, 0.6) is 0 Å². The third-order valence-electron chi connectivity index (χ3n) is 4.66. The van der Waals surface area contributed by atoms with Gasteiger partial charge in [0, 0.05) is 18.4 Å². The lowest BCUT2D eigenvalue weighted by molar-refractivity contribution is -0.127. The second-order valence-corrected chi connectivity index (χ2v) is 6.53. The van der Waals surface area contributed by atoms with E-state index < -0.39 is 0 Å². The van der Waals surface area contributed by atoms with Crippen LogP contribution in [0.15, 0.2) is 40.9 Å². The molecule has 3 rings (SSSR count). The minimum absolute atomic E-state index is 0.0100. The molecule has 1 aromatic heterocycles. The number of amides is 2. The molecule has 1 atom stereocenters. The molecule has 1 aromatic rings. The highest BCUT2D eigenvalue weighted by molar-refractivity contribution is 5.81. The normalized spacial score (nSPS) is 18.9. The van der Waals surface area contributed by atoms with Gasteiger partial charge in [0.15, 0.2) is 0 Å². The molecule has 5 heteroatoms. The van der Waals surface area contributed by atoms with Crippen LogP contribution in [0, 0.1) is 18.8 Å². The van der Waals surface area contributed by atoms with Crippen molar-refractivity contribution in [2.24, 2.45) is 11.8 Å². The first-order valence-electron chi connectivity index (χ1n) is 8.58. The first kappa shape index (κ1) is 16.6. The first-order valence-corrected chi connectivity index (χ1v) is 8.58. The molecule has 0 unspecified atom stereocenters. The molecule has 2 aliphatic rings. The Kier molecular flexibility index (Phi) is 5.18. The second-order valence-electron chi connectivity index (χ2n) is 6.53. The van der Waals surface area contributed by atoms with E-state index in [0.29, 0.717) is 12.3 Å². The van der Waals surface area contributed by atoms with Gasteiger partial charge >= 0.3 is 0 Å². The van der Waals surface area contributed by atoms with Crippen molar-refractivity contribution in [3.8, 4) is 0 Å². The Morgan fingerprint density at radius 1 is 1.04 bits per heavy atom. The molecule has 0 aliphatic heterocycles. The molecule has 128 valence electrons. The number of carbonyl (C=O) groups is 2. The Labute approximate surface area is 142 Å². The highest BCUT2D eigenvalue weighted by Gasteiger charge is 2.26. The molecule has 2 N–H and O–H groups in total. The fourth-order valence-electron chi connectivity index (χ4n) is 3.16. The number of hydrogen-bond acceptors (Lipinski definition) is 3. The van der Waals surface area contributed by atoms with Crippen LogP contribution in [-0.2, 0) is 9.59 Å². The van der Waals surface area contributed by atoms with Gasteiger partial charge in [-0.1, -0.05) is 24.3 Å². The SMILES string of the molecule is Cc1ccc([C@H](CNC(=O)C2CC=CC2)NC(=O)C2CC=CC2)o1. The molecule has 2 aliphatic carbocycles. The zero-order valence-corrected chi connectivity index (χ0v) is 14.0. The van der Waals surface area contributed by atoms with Crippen molar-refractivity contribution in [2.75, 3.05) is 6.54 Å². The number of rotatable bonds is 6. The molecular formula is C19H24N2O3. The Bertz CT molecular complexity index is 643. The minimum Gasteiger partial charge on any atom is -0.464 e. The summed E-state index contributed by atoms with van der Waals surface area (Å²) in [6, 6.07) is 3.38. The molecule has 2 amide bonds. The summed E-state index contributed by atoms with van der Waals surface area (Å²) < 4.78 is 5.67. The summed E-state index contributed by atoms with van der Waals surface area (Å²) in [5, 5.41) is 5.99. The summed E-state index contributed by atoms with van der Waals surface area (Å²) in [4.78, 5) is 24.6. The average molecular weight is 328 g/mol. The molecule has 0 spiro atoms. The van der Waals surface area contributed by atoms with Crippen LogP contribution in [0.4, 0.5) is 0 Å². The van der Waals surface area contributed by atoms with Crippen molar-refractivity contribution in [3.63, 3.8) is 0 Å². The molecule has 0 bridgehead atoms. The molecule has 1 heterocycles. The van der Waals surface area contributed by atoms with Gasteiger partial charge in [-0.3, -0.25) is 9.59 Å². The molecule has 24 heavy (non-hydrogen) atoms. The monoisotopic (exact) mass is 328 g/mol. The van der Waals surface area contributed by atoms with E-state index in [9.17, 15) is 9.59 Å². The van der Waals surface area contributed by atoms with E-state index in [2.05, 4.69) is 10.6 Å². The Morgan fingerprint density at radius 3 is 2.17 bits per heavy atom. The van der Waals surface area contributed by atoms with Crippen molar-refractivity contribution in [1.29, 1.82) is 0 Å². The van der Waals surface area contributed by atoms with Gasteiger partial charge in [0.1, 0.15) is 17.6 Å². The fraction of sp³-hybridized carbons (Fsp3) is 0.474. The molecule has 5 nitrogen and oxygen atoms in total. The number of aryl methyl sites for hydroxylation is 1. The maximum atomic E-state index is 12.4. The van der Waals surface area contributed by atoms with E-state index in [1.54, 1.807) is 0 Å². The number of nitrogens with one attached hydrogen (secondary N) is 2. The van der Waals surface area contributed by atoms with Gasteiger partial charge in [0.05, 0.1) is 0 Å². The topological polar surface area (TPSA) is 71.3 Å². The Morgan fingerprint density at radius 2 is 1.62 bits per heavy atom. The fourth-order valence-corrected chi connectivity index (χ4v) is 3.16. The third-order valence-corrected chi connectivity index (χ3v) is 4.66. The van der Waals surface area contributed by atoms with Crippen molar-refractivity contribution < 1.29 is 14.0 Å². The average Bonchev–Trinajstić information content (AvgIpc) is 3.32. The van der Waals surface area contributed by atoms with Crippen molar-refractivity contribution >= 4 is 11.8 Å². The van der Waals surface area contributed by atoms with E-state index in [1.807, 2.05) is 43.4 Å². The second kappa shape index (κ2) is 7.51. The lowest BCUT2D eigenvalue weighted by Gasteiger charge is -2.21. The van der Waals surface area contributed by atoms with Crippen LogP contribution in [0.3, 0.4) is 0 Å². The zero-order chi connectivity index (χ0) is 16.9. The predicted molar refractivity (Wildman–Crippen MR) is 91.1 cm³/mol. The van der Waals surface area contributed by atoms with Gasteiger partial charge in [-0.2, -0.15) is 0 Å². The summed E-state index contributed by atoms with van der Waals surface area (Å²) in [7, 11) is 0. The number of carbonyl (C=O) groups excluding carboxylic acids is 2. The van der Waals surface area contributed by atoms with Crippen LogP contribution in [0.2, 0.25) is 0 Å². The Balaban J connectivity index is 1.61. The Hall–Kier alpha value is -2.30. The van der Waals surface area contributed by atoms with Crippen LogP contribution in [0.25, 0.3) is 0 Å². The maximum Gasteiger partial charge on any atom is 0.224 e. The number of hydrogen-bond donors (Lipinski definition) is 2. The lowest BCUT2D eigenvalue weighted by atomic mass is 10.0. The molecule has 0 saturated carbocycles. The van der Waals surface area contributed by atoms with Crippen molar-refractivity contribution in [3.05, 3.63) is 48.0 Å². The minimum atomic E-state index is -0.342. The van der Waals surface area contributed by atoms with E-state index in [0.717, 1.165) is 31.4 Å². The van der Waals surface area contributed by atoms with Gasteiger partial charge < -0.3 is 15.1 Å². The molecule has 0 aromatic carbocycles. The van der Waals surface area contributed by atoms with E-state index in [-0.39, 0.29) is 29.7 Å². The van der Waals surface area contributed by atoms with Gasteiger partial charge in [-0.15, -0.1) is 0 Å². The van der Waals surface area contributed by atoms with Gasteiger partial charge in [0.25, 0.3) is 0 Å². The molecule has 0 saturated heterocycles. The summed E-state index contributed by atoms with van der Waals surface area (Å²) in [5.74, 6) is 1.51. The van der Waals surface area contributed by atoms with Crippen molar-refractivity contribution in [1.82, 2.24) is 10.6 Å².